The third-order valence-corrected chi connectivity index (χ3v) is 8.95. The van der Waals surface area contributed by atoms with Crippen molar-refractivity contribution in [1.29, 1.82) is 0 Å². The topological polar surface area (TPSA) is 69.9 Å². The predicted molar refractivity (Wildman–Crippen MR) is 128 cm³/mol. The second kappa shape index (κ2) is 8.77. The number of rotatable bonds is 5. The maximum atomic E-state index is 10.6. The van der Waals surface area contributed by atoms with Gasteiger partial charge in [-0.3, -0.25) is 0 Å². The van der Waals surface area contributed by atoms with Gasteiger partial charge in [0.25, 0.3) is 0 Å². The molecular weight excluding hydrogens is 420 g/mol. The second-order valence-electron chi connectivity index (χ2n) is 10.1. The van der Waals surface area contributed by atoms with Gasteiger partial charge in [0.1, 0.15) is 29.9 Å². The molecule has 1 unspecified atom stereocenters. The highest BCUT2D eigenvalue weighted by Crippen LogP contribution is 2.56. The number of aliphatic hydroxyl groups excluding tert-OH is 3. The van der Waals surface area contributed by atoms with E-state index in [1.54, 1.807) is 0 Å². The number of ether oxygens (including phenoxy) is 1. The van der Waals surface area contributed by atoms with Crippen molar-refractivity contribution in [2.75, 3.05) is 6.26 Å². The molecule has 5 heteroatoms. The van der Waals surface area contributed by atoms with Crippen LogP contribution >= 0.6 is 11.8 Å². The first-order valence-corrected chi connectivity index (χ1v) is 13.1. The monoisotopic (exact) mass is 454 g/mol. The second-order valence-corrected chi connectivity index (χ2v) is 11.1. The van der Waals surface area contributed by atoms with Crippen LogP contribution in [-0.4, -0.2) is 45.3 Å². The van der Waals surface area contributed by atoms with Crippen molar-refractivity contribution in [2.45, 2.75) is 80.7 Å². The summed E-state index contributed by atoms with van der Waals surface area (Å²) in [7, 11) is 0. The van der Waals surface area contributed by atoms with Crippen LogP contribution in [-0.2, 0) is 16.6 Å². The molecule has 1 aliphatic heterocycles. The van der Waals surface area contributed by atoms with Crippen LogP contribution in [0.3, 0.4) is 0 Å². The Balaban J connectivity index is 1.34. The molecule has 3 saturated carbocycles. The molecule has 172 valence electrons. The van der Waals surface area contributed by atoms with Gasteiger partial charge in [0.05, 0.1) is 0 Å². The van der Waals surface area contributed by atoms with Gasteiger partial charge in [-0.1, -0.05) is 55.3 Å². The van der Waals surface area contributed by atoms with E-state index < -0.39 is 29.9 Å². The summed E-state index contributed by atoms with van der Waals surface area (Å²) in [5.41, 5.74) is 5.88. The van der Waals surface area contributed by atoms with Gasteiger partial charge in [-0.05, 0) is 78.0 Å². The van der Waals surface area contributed by atoms with Crippen LogP contribution in [0.4, 0.5) is 0 Å². The van der Waals surface area contributed by atoms with Crippen molar-refractivity contribution >= 4 is 11.8 Å². The summed E-state index contributed by atoms with van der Waals surface area (Å²) < 4.78 is 5.96. The SMILES string of the molecule is CS[C@H]1OC(c2ccc(C)c(Cc3ccc([C@]45CCC[C@H](C4)C5)cc3)c2)[C@H](O)[C@@H](O)[C@@H]1O. The predicted octanol–water partition coefficient (Wildman–Crippen LogP) is 4.26. The molecule has 4 fully saturated rings. The molecule has 0 spiro atoms. The highest BCUT2D eigenvalue weighted by atomic mass is 32.2. The fourth-order valence-corrected chi connectivity index (χ4v) is 6.81. The number of benzene rings is 2. The van der Waals surface area contributed by atoms with Gasteiger partial charge < -0.3 is 20.1 Å². The number of fused-ring (bicyclic) bond motifs is 2. The Hall–Kier alpha value is -1.37. The van der Waals surface area contributed by atoms with Crippen LogP contribution in [0.25, 0.3) is 0 Å². The van der Waals surface area contributed by atoms with E-state index in [2.05, 4.69) is 43.3 Å². The normalized spacial score (nSPS) is 36.5. The molecule has 0 radical (unpaired) electrons. The van der Waals surface area contributed by atoms with Crippen LogP contribution in [0.1, 0.15) is 66.0 Å². The van der Waals surface area contributed by atoms with Crippen molar-refractivity contribution in [1.82, 2.24) is 0 Å². The summed E-state index contributed by atoms with van der Waals surface area (Å²) in [6, 6.07) is 15.3. The molecule has 4 nitrogen and oxygen atoms in total. The van der Waals surface area contributed by atoms with Crippen molar-refractivity contribution in [3.05, 3.63) is 70.3 Å². The first-order chi connectivity index (χ1) is 15.4. The lowest BCUT2D eigenvalue weighted by Crippen LogP contribution is -2.52. The molecule has 32 heavy (non-hydrogen) atoms. The van der Waals surface area contributed by atoms with E-state index in [-0.39, 0.29) is 0 Å². The number of aliphatic hydroxyl groups is 3. The zero-order valence-corrected chi connectivity index (χ0v) is 19.7. The lowest BCUT2D eigenvalue weighted by Gasteiger charge is -2.53. The van der Waals surface area contributed by atoms with E-state index in [1.165, 1.54) is 66.1 Å². The van der Waals surface area contributed by atoms with Gasteiger partial charge >= 0.3 is 0 Å². The third-order valence-electron chi connectivity index (χ3n) is 8.09. The Bertz CT molecular complexity index is 945. The van der Waals surface area contributed by atoms with Crippen molar-refractivity contribution in [2.24, 2.45) is 5.92 Å². The smallest absolute Gasteiger partial charge is 0.132 e. The summed E-state index contributed by atoms with van der Waals surface area (Å²) in [4.78, 5) is 0. The zero-order valence-electron chi connectivity index (χ0n) is 18.9. The molecule has 0 amide bonds. The molecule has 3 aliphatic carbocycles. The molecule has 6 rings (SSSR count). The van der Waals surface area contributed by atoms with Crippen LogP contribution in [0.5, 0.6) is 0 Å². The molecule has 4 aliphatic rings. The Morgan fingerprint density at radius 3 is 2.41 bits per heavy atom. The third kappa shape index (κ3) is 3.92. The van der Waals surface area contributed by atoms with Crippen LogP contribution < -0.4 is 0 Å². The van der Waals surface area contributed by atoms with Crippen molar-refractivity contribution < 1.29 is 20.1 Å². The minimum Gasteiger partial charge on any atom is -0.387 e. The molecule has 5 atom stereocenters. The zero-order chi connectivity index (χ0) is 22.5. The summed E-state index contributed by atoms with van der Waals surface area (Å²) in [6.07, 6.45) is 5.36. The highest BCUT2D eigenvalue weighted by molar-refractivity contribution is 7.99. The number of hydrogen-bond donors (Lipinski definition) is 3. The Morgan fingerprint density at radius 1 is 1.00 bits per heavy atom. The Kier molecular flexibility index (Phi) is 6.14. The van der Waals surface area contributed by atoms with E-state index in [4.69, 9.17) is 4.74 Å². The standard InChI is InChI=1S/C27H34O4S/c1-16-5-8-19(25-23(29)22(28)24(30)26(31-25)32-2)13-20(16)12-17-6-9-21(10-7-17)27-11-3-4-18(14-27)15-27/h5-10,13,18,22-26,28-30H,3-4,11-12,14-15H2,1-2H3/t18-,22-,23-,24+,25?,26-,27-/m1/s1. The largest absolute Gasteiger partial charge is 0.387 e. The van der Waals surface area contributed by atoms with E-state index in [9.17, 15) is 15.3 Å². The van der Waals surface area contributed by atoms with Crippen molar-refractivity contribution in [3.8, 4) is 0 Å². The molecule has 2 bridgehead atoms. The van der Waals surface area contributed by atoms with Gasteiger partial charge in [0, 0.05) is 0 Å². The highest BCUT2D eigenvalue weighted by Gasteiger charge is 2.47. The summed E-state index contributed by atoms with van der Waals surface area (Å²) in [5.74, 6) is 0.955. The maximum absolute atomic E-state index is 10.6. The number of aryl methyl sites for hydroxylation is 1. The molecule has 2 aromatic carbocycles. The maximum Gasteiger partial charge on any atom is 0.132 e. The Labute approximate surface area is 195 Å². The summed E-state index contributed by atoms with van der Waals surface area (Å²) in [5, 5.41) is 31.0. The molecule has 1 heterocycles. The minimum atomic E-state index is -1.23. The van der Waals surface area contributed by atoms with Gasteiger partial charge in [-0.15, -0.1) is 11.8 Å². The van der Waals surface area contributed by atoms with E-state index in [0.717, 1.165) is 17.9 Å². The first-order valence-electron chi connectivity index (χ1n) is 11.8. The fourth-order valence-electron chi connectivity index (χ4n) is 6.14. The minimum absolute atomic E-state index is 0.449. The van der Waals surface area contributed by atoms with Gasteiger partial charge in [-0.25, -0.2) is 0 Å². The van der Waals surface area contributed by atoms with E-state index in [1.807, 2.05) is 12.3 Å². The van der Waals surface area contributed by atoms with Gasteiger partial charge in [0.15, 0.2) is 0 Å². The molecule has 0 aromatic heterocycles. The number of hydrogen-bond acceptors (Lipinski definition) is 5. The first kappa shape index (κ1) is 22.4. The summed E-state index contributed by atoms with van der Waals surface area (Å²) in [6.45, 7) is 2.10. The average molecular weight is 455 g/mol. The Morgan fingerprint density at radius 2 is 1.75 bits per heavy atom. The number of thioether (sulfide) groups is 1. The molecule has 1 saturated heterocycles. The molecular formula is C27H34O4S. The summed E-state index contributed by atoms with van der Waals surface area (Å²) >= 11 is 1.34. The van der Waals surface area contributed by atoms with Gasteiger partial charge in [-0.2, -0.15) is 0 Å². The quantitative estimate of drug-likeness (QED) is 0.630. The average Bonchev–Trinajstić information content (AvgIpc) is 2.80. The van der Waals surface area contributed by atoms with Crippen molar-refractivity contribution in [3.63, 3.8) is 0 Å². The molecule has 2 aromatic rings. The van der Waals surface area contributed by atoms with Gasteiger partial charge in [0.2, 0.25) is 0 Å². The van der Waals surface area contributed by atoms with E-state index >= 15 is 0 Å². The van der Waals surface area contributed by atoms with E-state index in [0.29, 0.717) is 5.41 Å². The lowest BCUT2D eigenvalue weighted by molar-refractivity contribution is -0.200. The fraction of sp³-hybridized carbons (Fsp3) is 0.556. The van der Waals surface area contributed by atoms with Crippen LogP contribution in [0, 0.1) is 12.8 Å². The lowest BCUT2D eigenvalue weighted by atomic mass is 9.52. The van der Waals surface area contributed by atoms with Crippen LogP contribution in [0.2, 0.25) is 0 Å². The molecule has 3 N–H and O–H groups in total. The van der Waals surface area contributed by atoms with Crippen LogP contribution in [0.15, 0.2) is 42.5 Å².